The summed E-state index contributed by atoms with van der Waals surface area (Å²) >= 11 is 0. The molecule has 1 atom stereocenters. The molecule has 1 aliphatic heterocycles. The number of nitrogens with zero attached hydrogens (tertiary/aromatic N) is 1. The highest BCUT2D eigenvalue weighted by Gasteiger charge is 2.33. The molecule has 1 aliphatic rings. The number of hydrogen-bond donors (Lipinski definition) is 1. The molecule has 0 fully saturated rings. The Morgan fingerprint density at radius 1 is 1.06 bits per heavy atom. The third kappa shape index (κ3) is 4.16. The van der Waals surface area contributed by atoms with Crippen molar-refractivity contribution in [3.8, 4) is 17.2 Å². The van der Waals surface area contributed by atoms with Gasteiger partial charge in [0.25, 0.3) is 0 Å². The van der Waals surface area contributed by atoms with Gasteiger partial charge in [-0.15, -0.1) is 0 Å². The van der Waals surface area contributed by atoms with Crippen LogP contribution >= 0.6 is 0 Å². The van der Waals surface area contributed by atoms with Gasteiger partial charge in [0.1, 0.15) is 23.9 Å². The molecule has 0 aliphatic carbocycles. The summed E-state index contributed by atoms with van der Waals surface area (Å²) in [5, 5.41) is 10.3. The summed E-state index contributed by atoms with van der Waals surface area (Å²) < 4.78 is 11.6. The molecule has 0 amide bonds. The van der Waals surface area contributed by atoms with E-state index >= 15 is 0 Å². The second kappa shape index (κ2) is 9.36. The fraction of sp³-hybridized carbons (Fsp3) is 0.259. The van der Waals surface area contributed by atoms with Crippen LogP contribution in [-0.4, -0.2) is 30.5 Å². The van der Waals surface area contributed by atoms with Crippen LogP contribution in [0.3, 0.4) is 0 Å². The van der Waals surface area contributed by atoms with Gasteiger partial charge < -0.3 is 19.5 Å². The molecule has 170 valence electrons. The van der Waals surface area contributed by atoms with Crippen molar-refractivity contribution >= 4 is 17.9 Å². The Morgan fingerprint density at radius 2 is 1.79 bits per heavy atom. The van der Waals surface area contributed by atoms with Crippen LogP contribution in [0.15, 0.2) is 54.6 Å². The first-order valence-corrected chi connectivity index (χ1v) is 11.1. The van der Waals surface area contributed by atoms with E-state index in [1.54, 1.807) is 6.07 Å². The normalized spacial score (nSPS) is 14.0. The molecular weight excluding hydrogens is 418 g/mol. The predicted octanol–water partition coefficient (Wildman–Crippen LogP) is 5.40. The summed E-state index contributed by atoms with van der Waals surface area (Å²) in [5.41, 5.74) is 4.66. The molecule has 6 nitrogen and oxygen atoms in total. The number of anilines is 1. The van der Waals surface area contributed by atoms with E-state index in [2.05, 4.69) is 24.8 Å². The van der Waals surface area contributed by atoms with Gasteiger partial charge in [0.15, 0.2) is 6.29 Å². The van der Waals surface area contributed by atoms with Crippen LogP contribution in [0.4, 0.5) is 5.69 Å². The maximum absolute atomic E-state index is 11.9. The molecule has 0 saturated heterocycles. The lowest BCUT2D eigenvalue weighted by Gasteiger charge is -2.32. The minimum absolute atomic E-state index is 0.119. The maximum Gasteiger partial charge on any atom is 0.302 e. The number of esters is 1. The minimum atomic E-state index is -0.352. The Balaban J connectivity index is 1.93. The molecule has 3 aromatic rings. The number of fused-ring (bicyclic) bond motifs is 2. The van der Waals surface area contributed by atoms with Crippen molar-refractivity contribution in [1.29, 1.82) is 0 Å². The van der Waals surface area contributed by atoms with Gasteiger partial charge in [0.05, 0.1) is 5.56 Å². The van der Waals surface area contributed by atoms with Gasteiger partial charge in [-0.2, -0.15) is 0 Å². The summed E-state index contributed by atoms with van der Waals surface area (Å²) in [4.78, 5) is 25.5. The lowest BCUT2D eigenvalue weighted by Crippen LogP contribution is -2.22. The van der Waals surface area contributed by atoms with E-state index in [4.69, 9.17) is 9.47 Å². The number of carbonyl (C=O) groups is 2. The van der Waals surface area contributed by atoms with Crippen LogP contribution in [0.2, 0.25) is 0 Å². The van der Waals surface area contributed by atoms with E-state index in [9.17, 15) is 14.7 Å². The van der Waals surface area contributed by atoms with E-state index in [-0.39, 0.29) is 29.8 Å². The molecule has 1 heterocycles. The molecule has 33 heavy (non-hydrogen) atoms. The first-order valence-electron chi connectivity index (χ1n) is 11.1. The van der Waals surface area contributed by atoms with Crippen LogP contribution in [-0.2, 0) is 16.1 Å². The summed E-state index contributed by atoms with van der Waals surface area (Å²) in [5.74, 6) is 0.239. The molecule has 3 aromatic carbocycles. The largest absolute Gasteiger partial charge is 0.507 e. The molecule has 0 bridgehead atoms. The quantitative estimate of drug-likeness (QED) is 0.303. The molecule has 1 unspecified atom stereocenters. The van der Waals surface area contributed by atoms with E-state index in [1.165, 1.54) is 13.0 Å². The zero-order valence-corrected chi connectivity index (χ0v) is 19.0. The number of phenolic OH excluding ortho intramolecular Hbond substituents is 1. The number of carbonyl (C=O) groups excluding carboxylic acids is 2. The van der Waals surface area contributed by atoms with Crippen molar-refractivity contribution in [1.82, 2.24) is 0 Å². The molecule has 0 radical (unpaired) electrons. The summed E-state index contributed by atoms with van der Waals surface area (Å²) in [6, 6.07) is 17.2. The van der Waals surface area contributed by atoms with Gasteiger partial charge in [-0.3, -0.25) is 9.59 Å². The standard InChI is InChI=1S/C27H27NO5/c1-4-28(5-2)19-10-11-21-25(14-19)33-27-22(12-13-24(31)23(27)15-29)26(21)20-9-7-6-8-18(20)16-32-17(3)30/h6-15,26,31H,4-5,16H2,1-3H3. The van der Waals surface area contributed by atoms with Gasteiger partial charge in [-0.1, -0.05) is 36.4 Å². The molecule has 0 spiro atoms. The second-order valence-electron chi connectivity index (χ2n) is 7.94. The highest BCUT2D eigenvalue weighted by molar-refractivity contribution is 5.86. The minimum Gasteiger partial charge on any atom is -0.507 e. The number of rotatable bonds is 7. The lowest BCUT2D eigenvalue weighted by atomic mass is 9.80. The van der Waals surface area contributed by atoms with Crippen molar-refractivity contribution in [2.24, 2.45) is 0 Å². The van der Waals surface area contributed by atoms with Gasteiger partial charge in [0, 0.05) is 48.8 Å². The Bertz CT molecular complexity index is 1200. The molecule has 0 saturated carbocycles. The molecule has 6 heteroatoms. The SMILES string of the molecule is CCN(CC)c1ccc2c(c1)Oc1c(ccc(O)c1C=O)C2c1ccccc1COC(C)=O. The highest BCUT2D eigenvalue weighted by Crippen LogP contribution is 2.51. The molecule has 0 aromatic heterocycles. The number of aromatic hydroxyl groups is 1. The van der Waals surface area contributed by atoms with Gasteiger partial charge in [0.2, 0.25) is 0 Å². The summed E-state index contributed by atoms with van der Waals surface area (Å²) in [7, 11) is 0. The number of phenols is 1. The van der Waals surface area contributed by atoms with Gasteiger partial charge >= 0.3 is 5.97 Å². The van der Waals surface area contributed by atoms with Crippen molar-refractivity contribution in [3.05, 3.63) is 82.4 Å². The third-order valence-electron chi connectivity index (χ3n) is 6.08. The van der Waals surface area contributed by atoms with Gasteiger partial charge in [-0.05, 0) is 37.1 Å². The fourth-order valence-corrected chi connectivity index (χ4v) is 4.44. The lowest BCUT2D eigenvalue weighted by molar-refractivity contribution is -0.142. The first kappa shape index (κ1) is 22.4. The zero-order valence-electron chi connectivity index (χ0n) is 19.0. The van der Waals surface area contributed by atoms with Crippen molar-refractivity contribution < 1.29 is 24.2 Å². The van der Waals surface area contributed by atoms with Gasteiger partial charge in [-0.25, -0.2) is 0 Å². The Morgan fingerprint density at radius 3 is 2.48 bits per heavy atom. The van der Waals surface area contributed by atoms with Crippen molar-refractivity contribution in [2.75, 3.05) is 18.0 Å². The summed E-state index contributed by atoms with van der Waals surface area (Å²) in [6.07, 6.45) is 0.620. The number of ether oxygens (including phenoxy) is 2. The molecule has 4 rings (SSSR count). The Kier molecular flexibility index (Phi) is 6.36. The number of benzene rings is 3. The zero-order chi connectivity index (χ0) is 23.5. The van der Waals surface area contributed by atoms with E-state index in [0.717, 1.165) is 41.0 Å². The Hall–Kier alpha value is -3.80. The molecule has 1 N–H and O–H groups in total. The number of hydrogen-bond acceptors (Lipinski definition) is 6. The number of aldehydes is 1. The maximum atomic E-state index is 11.9. The van der Waals surface area contributed by atoms with E-state index in [1.807, 2.05) is 36.4 Å². The fourth-order valence-electron chi connectivity index (χ4n) is 4.44. The van der Waals surface area contributed by atoms with E-state index < -0.39 is 0 Å². The second-order valence-corrected chi connectivity index (χ2v) is 7.94. The average molecular weight is 446 g/mol. The Labute approximate surface area is 193 Å². The van der Waals surface area contributed by atoms with E-state index in [0.29, 0.717) is 17.8 Å². The predicted molar refractivity (Wildman–Crippen MR) is 126 cm³/mol. The highest BCUT2D eigenvalue weighted by atomic mass is 16.5. The van der Waals surface area contributed by atoms with Crippen LogP contribution in [0.25, 0.3) is 0 Å². The van der Waals surface area contributed by atoms with Crippen LogP contribution < -0.4 is 9.64 Å². The summed E-state index contributed by atoms with van der Waals surface area (Å²) in [6.45, 7) is 7.41. The van der Waals surface area contributed by atoms with Crippen LogP contribution in [0, 0.1) is 0 Å². The topological polar surface area (TPSA) is 76.1 Å². The van der Waals surface area contributed by atoms with Crippen molar-refractivity contribution in [3.63, 3.8) is 0 Å². The van der Waals surface area contributed by atoms with Crippen molar-refractivity contribution in [2.45, 2.75) is 33.3 Å². The van der Waals surface area contributed by atoms with Crippen LogP contribution in [0.5, 0.6) is 17.2 Å². The first-order chi connectivity index (χ1) is 16.0. The molecular formula is C27H27NO5. The average Bonchev–Trinajstić information content (AvgIpc) is 2.82. The smallest absolute Gasteiger partial charge is 0.302 e. The monoisotopic (exact) mass is 445 g/mol. The third-order valence-corrected chi connectivity index (χ3v) is 6.08. The van der Waals surface area contributed by atoms with Crippen LogP contribution in [0.1, 0.15) is 59.3 Å².